The van der Waals surface area contributed by atoms with Crippen LogP contribution in [-0.2, 0) is 21.4 Å². The molecule has 3 aromatic rings. The zero-order valence-electron chi connectivity index (χ0n) is 21.4. The summed E-state index contributed by atoms with van der Waals surface area (Å²) in [5, 5.41) is 10.6. The molecule has 3 aromatic carbocycles. The van der Waals surface area contributed by atoms with Gasteiger partial charge in [-0.1, -0.05) is 42.5 Å². The van der Waals surface area contributed by atoms with E-state index in [-0.39, 0.29) is 5.91 Å². The molecule has 0 fully saturated rings. The predicted octanol–water partition coefficient (Wildman–Crippen LogP) is 6.50. The number of hydrogen-bond acceptors (Lipinski definition) is 2. The lowest BCUT2D eigenvalue weighted by Gasteiger charge is -2.34. The average Bonchev–Trinajstić information content (AvgIpc) is 3.09. The second-order valence-electron chi connectivity index (χ2n) is 10.4. The molecule has 0 aromatic heterocycles. The van der Waals surface area contributed by atoms with E-state index >= 15 is 4.39 Å². The quantitative estimate of drug-likeness (QED) is 0.471. The second-order valence-corrected chi connectivity index (χ2v) is 10.4. The van der Waals surface area contributed by atoms with Gasteiger partial charge in [-0.2, -0.15) is 0 Å². The summed E-state index contributed by atoms with van der Waals surface area (Å²) in [6, 6.07) is 13.9. The fourth-order valence-corrected chi connectivity index (χ4v) is 5.92. The van der Waals surface area contributed by atoms with Crippen LogP contribution >= 0.6 is 0 Å². The van der Waals surface area contributed by atoms with Gasteiger partial charge < -0.3 is 10.0 Å². The summed E-state index contributed by atoms with van der Waals surface area (Å²) in [5.74, 6) is -1.54. The number of carboxylic acid groups (broad SMARTS) is 1. The summed E-state index contributed by atoms with van der Waals surface area (Å²) in [4.78, 5) is 27.3. The van der Waals surface area contributed by atoms with Crippen LogP contribution in [0.4, 0.5) is 10.1 Å². The molecule has 1 heterocycles. The number of carbonyl (C=O) groups is 2. The third-order valence-corrected chi connectivity index (χ3v) is 7.72. The van der Waals surface area contributed by atoms with Gasteiger partial charge in [-0.15, -0.1) is 0 Å². The zero-order valence-corrected chi connectivity index (χ0v) is 21.4. The van der Waals surface area contributed by atoms with Crippen LogP contribution in [0.2, 0.25) is 0 Å². The number of fused-ring (bicyclic) bond motifs is 1. The van der Waals surface area contributed by atoms with Gasteiger partial charge in [0.1, 0.15) is 11.2 Å². The Balaban J connectivity index is 1.96. The normalized spacial score (nSPS) is 16.1. The molecule has 1 atom stereocenters. The van der Waals surface area contributed by atoms with Crippen LogP contribution in [0.1, 0.15) is 61.1 Å². The molecule has 0 aliphatic carbocycles. The highest BCUT2D eigenvalue weighted by Crippen LogP contribution is 2.49. The molecule has 182 valence electrons. The number of carbonyl (C=O) groups excluding carboxylic acids is 1. The van der Waals surface area contributed by atoms with E-state index in [0.717, 1.165) is 33.5 Å². The SMILES string of the molecule is CC(=O)N1c2c(C)c(C)c(C(C)(C(=O)O)c3ccc(-c4ccccc4)c(F)c3)c(C)c2CC1(C)C. The molecule has 35 heavy (non-hydrogen) atoms. The molecular weight excluding hydrogens is 441 g/mol. The van der Waals surface area contributed by atoms with Gasteiger partial charge in [0, 0.05) is 18.0 Å². The molecule has 1 unspecified atom stereocenters. The Labute approximate surface area is 206 Å². The Kier molecular flexibility index (Phi) is 5.87. The summed E-state index contributed by atoms with van der Waals surface area (Å²) in [5.41, 5.74) is 4.71. The average molecular weight is 474 g/mol. The largest absolute Gasteiger partial charge is 0.480 e. The highest BCUT2D eigenvalue weighted by atomic mass is 19.1. The summed E-state index contributed by atoms with van der Waals surface area (Å²) < 4.78 is 15.3. The molecule has 0 saturated heterocycles. The van der Waals surface area contributed by atoms with Crippen molar-refractivity contribution in [2.24, 2.45) is 0 Å². The predicted molar refractivity (Wildman–Crippen MR) is 138 cm³/mol. The van der Waals surface area contributed by atoms with Crippen molar-refractivity contribution in [1.29, 1.82) is 0 Å². The maximum absolute atomic E-state index is 15.3. The van der Waals surface area contributed by atoms with Crippen molar-refractivity contribution in [2.45, 2.75) is 65.8 Å². The molecule has 1 amide bonds. The Morgan fingerprint density at radius 1 is 1.00 bits per heavy atom. The van der Waals surface area contributed by atoms with Crippen molar-refractivity contribution in [2.75, 3.05) is 4.90 Å². The van der Waals surface area contributed by atoms with E-state index in [1.54, 1.807) is 26.0 Å². The van der Waals surface area contributed by atoms with Crippen LogP contribution in [0.3, 0.4) is 0 Å². The van der Waals surface area contributed by atoms with E-state index in [9.17, 15) is 14.7 Å². The van der Waals surface area contributed by atoms with Crippen molar-refractivity contribution in [3.8, 4) is 11.1 Å². The summed E-state index contributed by atoms with van der Waals surface area (Å²) in [7, 11) is 0. The molecule has 4 rings (SSSR count). The summed E-state index contributed by atoms with van der Waals surface area (Å²) >= 11 is 0. The first-order valence-electron chi connectivity index (χ1n) is 11.8. The molecule has 4 nitrogen and oxygen atoms in total. The van der Waals surface area contributed by atoms with Crippen LogP contribution in [0.15, 0.2) is 48.5 Å². The number of halogens is 1. The first-order chi connectivity index (χ1) is 16.3. The van der Waals surface area contributed by atoms with Crippen molar-refractivity contribution < 1.29 is 19.1 Å². The molecular formula is C30H32FNO3. The number of carboxylic acids is 1. The number of rotatable bonds is 4. The summed E-state index contributed by atoms with van der Waals surface area (Å²) in [6.45, 7) is 13.0. The molecule has 0 radical (unpaired) electrons. The third-order valence-electron chi connectivity index (χ3n) is 7.72. The molecule has 1 N–H and O–H groups in total. The highest BCUT2D eigenvalue weighted by molar-refractivity contribution is 5.98. The Morgan fingerprint density at radius 3 is 2.17 bits per heavy atom. The number of nitrogens with zero attached hydrogens (tertiary/aromatic N) is 1. The molecule has 1 aliphatic heterocycles. The Hall–Kier alpha value is -3.47. The topological polar surface area (TPSA) is 57.6 Å². The maximum Gasteiger partial charge on any atom is 0.318 e. The van der Waals surface area contributed by atoms with E-state index in [4.69, 9.17) is 0 Å². The van der Waals surface area contributed by atoms with E-state index in [1.807, 2.05) is 69.9 Å². The molecule has 0 saturated carbocycles. The molecule has 0 spiro atoms. The van der Waals surface area contributed by atoms with Gasteiger partial charge in [0.05, 0.1) is 5.69 Å². The van der Waals surface area contributed by atoms with Gasteiger partial charge in [0.15, 0.2) is 0 Å². The minimum absolute atomic E-state index is 0.0389. The monoisotopic (exact) mass is 473 g/mol. The smallest absolute Gasteiger partial charge is 0.318 e. The van der Waals surface area contributed by atoms with Gasteiger partial charge in [0.25, 0.3) is 0 Å². The van der Waals surface area contributed by atoms with Crippen molar-refractivity contribution in [1.82, 2.24) is 0 Å². The van der Waals surface area contributed by atoms with E-state index in [2.05, 4.69) is 0 Å². The molecule has 1 aliphatic rings. The molecule has 0 bridgehead atoms. The fraction of sp³-hybridized carbons (Fsp3) is 0.333. The van der Waals surface area contributed by atoms with E-state index < -0.39 is 22.7 Å². The zero-order chi connectivity index (χ0) is 25.9. The second kappa shape index (κ2) is 8.33. The lowest BCUT2D eigenvalue weighted by molar-refractivity contribution is -0.141. The first kappa shape index (κ1) is 24.6. The molecule has 5 heteroatoms. The van der Waals surface area contributed by atoms with E-state index in [1.165, 1.54) is 6.07 Å². The van der Waals surface area contributed by atoms with Crippen molar-refractivity contribution >= 4 is 17.6 Å². The van der Waals surface area contributed by atoms with Crippen molar-refractivity contribution in [3.05, 3.63) is 87.7 Å². The third kappa shape index (κ3) is 3.65. The van der Waals surface area contributed by atoms with Gasteiger partial charge in [-0.05, 0) is 93.0 Å². The van der Waals surface area contributed by atoms with Crippen LogP contribution in [0, 0.1) is 26.6 Å². The minimum atomic E-state index is -1.47. The summed E-state index contributed by atoms with van der Waals surface area (Å²) in [6.07, 6.45) is 0.624. The minimum Gasteiger partial charge on any atom is -0.480 e. The maximum atomic E-state index is 15.3. The number of amides is 1. The van der Waals surface area contributed by atoms with Gasteiger partial charge >= 0.3 is 5.97 Å². The fourth-order valence-electron chi connectivity index (χ4n) is 5.92. The number of anilines is 1. The highest BCUT2D eigenvalue weighted by Gasteiger charge is 2.46. The Bertz CT molecular complexity index is 1360. The first-order valence-corrected chi connectivity index (χ1v) is 11.8. The number of aliphatic carboxylic acids is 1. The number of hydrogen-bond donors (Lipinski definition) is 1. The van der Waals surface area contributed by atoms with Gasteiger partial charge in [-0.3, -0.25) is 9.59 Å². The Morgan fingerprint density at radius 2 is 1.63 bits per heavy atom. The van der Waals surface area contributed by atoms with Gasteiger partial charge in [-0.25, -0.2) is 4.39 Å². The van der Waals surface area contributed by atoms with Crippen LogP contribution in [-0.4, -0.2) is 22.5 Å². The van der Waals surface area contributed by atoms with E-state index in [0.29, 0.717) is 23.1 Å². The lowest BCUT2D eigenvalue weighted by Crippen LogP contribution is -2.44. The van der Waals surface area contributed by atoms with Crippen molar-refractivity contribution in [3.63, 3.8) is 0 Å². The number of benzene rings is 3. The van der Waals surface area contributed by atoms with Crippen LogP contribution in [0.25, 0.3) is 11.1 Å². The van der Waals surface area contributed by atoms with Crippen LogP contribution < -0.4 is 4.90 Å². The van der Waals surface area contributed by atoms with Gasteiger partial charge in [0.2, 0.25) is 5.91 Å². The van der Waals surface area contributed by atoms with Crippen LogP contribution in [0.5, 0.6) is 0 Å². The standard InChI is InChI=1S/C30H32FNO3/c1-17-18(2)27-24(16-29(5,6)32(27)20(4)33)19(3)26(17)30(7,28(34)35)22-13-14-23(25(31)15-22)21-11-9-8-10-12-21/h8-15H,16H2,1-7H3,(H,34,35). The lowest BCUT2D eigenvalue weighted by atomic mass is 9.70.